The highest BCUT2D eigenvalue weighted by atomic mass is 16.4. The van der Waals surface area contributed by atoms with Gasteiger partial charge in [0, 0.05) is 6.42 Å². The molecule has 0 saturated heterocycles. The molecular formula is C25H24O11. The molecule has 3 rings (SSSR count). The Morgan fingerprint density at radius 3 is 1.86 bits per heavy atom. The van der Waals surface area contributed by atoms with Crippen molar-refractivity contribution in [1.29, 1.82) is 0 Å². The number of allylic oxidation sites excluding steroid dienone is 2. The van der Waals surface area contributed by atoms with Gasteiger partial charge < -0.3 is 40.9 Å². The van der Waals surface area contributed by atoms with E-state index in [1.807, 2.05) is 0 Å². The maximum atomic E-state index is 13.5. The van der Waals surface area contributed by atoms with E-state index in [9.17, 15) is 55.2 Å². The van der Waals surface area contributed by atoms with Crippen LogP contribution in [0.4, 0.5) is 0 Å². The molecule has 5 atom stereocenters. The average molecular weight is 500 g/mol. The molecular weight excluding hydrogens is 476 g/mol. The molecule has 0 spiro atoms. The number of carbonyl (C=O) groups is 3. The topological polar surface area (TPSA) is 213 Å². The highest BCUT2D eigenvalue weighted by Gasteiger charge is 2.72. The summed E-state index contributed by atoms with van der Waals surface area (Å²) in [6, 6.07) is 8.81. The summed E-state index contributed by atoms with van der Waals surface area (Å²) in [6.07, 6.45) is -4.23. The van der Waals surface area contributed by atoms with Crippen molar-refractivity contribution >= 4 is 29.7 Å². The zero-order chi connectivity index (χ0) is 26.8. The van der Waals surface area contributed by atoms with Gasteiger partial charge in [-0.1, -0.05) is 30.4 Å². The number of hydrogen-bond donors (Lipinski definition) is 8. The molecule has 2 aromatic rings. The number of ketones is 2. The van der Waals surface area contributed by atoms with Gasteiger partial charge in [-0.25, -0.2) is 4.79 Å². The van der Waals surface area contributed by atoms with Crippen LogP contribution in [0.3, 0.4) is 0 Å². The van der Waals surface area contributed by atoms with E-state index in [4.69, 9.17) is 0 Å². The first-order valence-corrected chi connectivity index (χ1v) is 10.6. The summed E-state index contributed by atoms with van der Waals surface area (Å²) < 4.78 is 0. The summed E-state index contributed by atoms with van der Waals surface area (Å²) >= 11 is 0. The fourth-order valence-corrected chi connectivity index (χ4v) is 4.21. The lowest BCUT2D eigenvalue weighted by molar-refractivity contribution is -0.232. The molecule has 0 aliphatic heterocycles. The largest absolute Gasteiger partial charge is 0.508 e. The van der Waals surface area contributed by atoms with Crippen molar-refractivity contribution in [1.82, 2.24) is 0 Å². The molecule has 1 aliphatic rings. The number of phenolic OH excluding ortho intramolecular Hbond substituents is 3. The third-order valence-electron chi connectivity index (χ3n) is 6.20. The van der Waals surface area contributed by atoms with E-state index in [0.717, 1.165) is 30.4 Å². The number of benzene rings is 2. The van der Waals surface area contributed by atoms with Gasteiger partial charge in [0.05, 0.1) is 6.10 Å². The lowest BCUT2D eigenvalue weighted by Gasteiger charge is -2.50. The monoisotopic (exact) mass is 500 g/mol. The maximum absolute atomic E-state index is 13.5. The van der Waals surface area contributed by atoms with Crippen LogP contribution < -0.4 is 0 Å². The summed E-state index contributed by atoms with van der Waals surface area (Å²) in [5, 5.41) is 80.7. The maximum Gasteiger partial charge on any atom is 0.337 e. The van der Waals surface area contributed by atoms with Crippen LogP contribution in [0, 0.1) is 5.41 Å². The normalized spacial score (nSPS) is 28.4. The van der Waals surface area contributed by atoms with Crippen LogP contribution in [0.15, 0.2) is 54.6 Å². The standard InChI is InChI=1S/C25H24O11/c26-15-6-1-13(2-7-15)4-9-19(30)25(20(31)10-5-14-3-8-16(27)17(28)11-14)22(33)21(32)18(29)12-24(25,36)23(34)35/h1-11,18,21-22,26-29,32-33,36H,12H2,(H,34,35)/b9-4+,10-5+/t18-,21?,22+,24?,25?/m1/s1. The molecule has 1 aliphatic carbocycles. The minimum atomic E-state index is -3.33. The number of carboxylic acids is 1. The first kappa shape index (κ1) is 26.6. The molecule has 0 radical (unpaired) electrons. The fourth-order valence-electron chi connectivity index (χ4n) is 4.21. The Morgan fingerprint density at radius 1 is 0.806 bits per heavy atom. The highest BCUT2D eigenvalue weighted by molar-refractivity contribution is 6.21. The second kappa shape index (κ2) is 9.91. The number of carboxylic acid groups (broad SMARTS) is 1. The fraction of sp³-hybridized carbons (Fsp3) is 0.240. The predicted octanol–water partition coefficient (Wildman–Crippen LogP) is -0.0433. The van der Waals surface area contributed by atoms with Gasteiger partial charge in [0.1, 0.15) is 18.0 Å². The van der Waals surface area contributed by atoms with Crippen LogP contribution in [0.5, 0.6) is 17.2 Å². The number of aliphatic hydroxyl groups excluding tert-OH is 3. The number of aliphatic hydroxyl groups is 4. The summed E-state index contributed by atoms with van der Waals surface area (Å²) in [5.41, 5.74) is -6.05. The Labute approximate surface area is 204 Å². The molecule has 0 heterocycles. The molecule has 1 saturated carbocycles. The summed E-state index contributed by atoms with van der Waals surface area (Å²) in [4.78, 5) is 39.1. The van der Waals surface area contributed by atoms with Gasteiger partial charge in [-0.2, -0.15) is 0 Å². The van der Waals surface area contributed by atoms with Gasteiger partial charge in [-0.05, 0) is 47.5 Å². The molecule has 11 nitrogen and oxygen atoms in total. The van der Waals surface area contributed by atoms with E-state index in [-0.39, 0.29) is 11.3 Å². The second-order valence-electron chi connectivity index (χ2n) is 8.42. The minimum absolute atomic E-state index is 0.0735. The summed E-state index contributed by atoms with van der Waals surface area (Å²) in [6.45, 7) is 0. The van der Waals surface area contributed by atoms with Crippen LogP contribution >= 0.6 is 0 Å². The zero-order valence-electron chi connectivity index (χ0n) is 18.6. The van der Waals surface area contributed by atoms with Crippen LogP contribution in [0.1, 0.15) is 17.5 Å². The van der Waals surface area contributed by atoms with Crippen molar-refractivity contribution in [3.05, 3.63) is 65.7 Å². The van der Waals surface area contributed by atoms with Crippen molar-refractivity contribution in [2.45, 2.75) is 30.3 Å². The first-order valence-electron chi connectivity index (χ1n) is 10.6. The van der Waals surface area contributed by atoms with E-state index in [1.54, 1.807) is 0 Å². The van der Waals surface area contributed by atoms with Gasteiger partial charge in [-0.3, -0.25) is 9.59 Å². The summed E-state index contributed by atoms with van der Waals surface area (Å²) in [5.74, 6) is -5.94. The van der Waals surface area contributed by atoms with Crippen molar-refractivity contribution in [2.75, 3.05) is 0 Å². The number of aromatic hydroxyl groups is 3. The van der Waals surface area contributed by atoms with E-state index < -0.39 is 64.8 Å². The second-order valence-corrected chi connectivity index (χ2v) is 8.42. The van der Waals surface area contributed by atoms with Crippen molar-refractivity contribution in [3.8, 4) is 17.2 Å². The Hall–Kier alpha value is -4.03. The Balaban J connectivity index is 2.16. The van der Waals surface area contributed by atoms with E-state index >= 15 is 0 Å². The Bertz CT molecular complexity index is 1230. The van der Waals surface area contributed by atoms with Crippen molar-refractivity contribution in [3.63, 3.8) is 0 Å². The number of hydrogen-bond acceptors (Lipinski definition) is 10. The van der Waals surface area contributed by atoms with Gasteiger partial charge in [0.25, 0.3) is 0 Å². The Morgan fingerprint density at radius 2 is 1.33 bits per heavy atom. The van der Waals surface area contributed by atoms with E-state index in [0.29, 0.717) is 11.6 Å². The number of carbonyl (C=O) groups excluding carboxylic acids is 2. The molecule has 11 heteroatoms. The van der Waals surface area contributed by atoms with E-state index in [2.05, 4.69) is 0 Å². The van der Waals surface area contributed by atoms with Crippen LogP contribution in [-0.4, -0.2) is 82.3 Å². The van der Waals surface area contributed by atoms with Crippen LogP contribution in [0.25, 0.3) is 12.2 Å². The zero-order valence-corrected chi connectivity index (χ0v) is 18.6. The van der Waals surface area contributed by atoms with Crippen LogP contribution in [-0.2, 0) is 14.4 Å². The third kappa shape index (κ3) is 4.48. The summed E-state index contributed by atoms with van der Waals surface area (Å²) in [7, 11) is 0. The Kier molecular flexibility index (Phi) is 7.32. The van der Waals surface area contributed by atoms with Gasteiger partial charge in [0.15, 0.2) is 34.1 Å². The minimum Gasteiger partial charge on any atom is -0.508 e. The highest BCUT2D eigenvalue weighted by Crippen LogP contribution is 2.47. The molecule has 3 unspecified atom stereocenters. The molecule has 2 aromatic carbocycles. The van der Waals surface area contributed by atoms with Crippen molar-refractivity contribution in [2.24, 2.45) is 5.41 Å². The molecule has 0 bridgehead atoms. The molecule has 0 amide bonds. The third-order valence-corrected chi connectivity index (χ3v) is 6.20. The lowest BCUT2D eigenvalue weighted by Crippen LogP contribution is -2.74. The average Bonchev–Trinajstić information content (AvgIpc) is 2.83. The SMILES string of the molecule is O=C(O)C1(O)C[C@@H](O)C(O)[C@H](O)C1(C(=O)/C=C/c1ccc(O)cc1)C(=O)/C=C/c1ccc(O)c(O)c1. The van der Waals surface area contributed by atoms with Gasteiger partial charge in [0.2, 0.25) is 0 Å². The lowest BCUT2D eigenvalue weighted by atomic mass is 9.55. The number of phenols is 3. The predicted molar refractivity (Wildman–Crippen MR) is 124 cm³/mol. The quantitative estimate of drug-likeness (QED) is 0.143. The van der Waals surface area contributed by atoms with Crippen LogP contribution in [0.2, 0.25) is 0 Å². The van der Waals surface area contributed by atoms with Gasteiger partial charge in [-0.15, -0.1) is 0 Å². The smallest absolute Gasteiger partial charge is 0.337 e. The van der Waals surface area contributed by atoms with Gasteiger partial charge >= 0.3 is 5.97 Å². The number of rotatable bonds is 7. The molecule has 190 valence electrons. The molecule has 8 N–H and O–H groups in total. The van der Waals surface area contributed by atoms with Crippen molar-refractivity contribution < 1.29 is 55.2 Å². The number of aliphatic carboxylic acids is 1. The molecule has 0 aromatic heterocycles. The van der Waals surface area contributed by atoms with E-state index in [1.165, 1.54) is 30.3 Å². The molecule has 36 heavy (non-hydrogen) atoms. The molecule has 1 fully saturated rings. The first-order chi connectivity index (χ1) is 16.8.